The molecule has 0 bridgehead atoms. The highest BCUT2D eigenvalue weighted by Crippen LogP contribution is 2.27. The lowest BCUT2D eigenvalue weighted by Gasteiger charge is -2.08. The van der Waals surface area contributed by atoms with Gasteiger partial charge < -0.3 is 4.57 Å². The van der Waals surface area contributed by atoms with Crippen molar-refractivity contribution < 1.29 is 0 Å². The molecule has 0 radical (unpaired) electrons. The van der Waals surface area contributed by atoms with E-state index >= 15 is 0 Å². The van der Waals surface area contributed by atoms with Crippen molar-refractivity contribution in [3.05, 3.63) is 28.6 Å². The van der Waals surface area contributed by atoms with E-state index < -0.39 is 0 Å². The minimum absolute atomic E-state index is 0.469. The number of aryl methyl sites for hydroxylation is 4. The number of nitrogens with zero attached hydrogens (tertiary/aromatic N) is 2. The molecule has 0 spiro atoms. The van der Waals surface area contributed by atoms with Gasteiger partial charge in [0, 0.05) is 13.0 Å². The molecular weight excluding hydrogens is 232 g/mol. The monoisotopic (exact) mass is 260 g/mol. The Hall–Kier alpha value is -1.31. The molecule has 2 rings (SSSR count). The van der Waals surface area contributed by atoms with Crippen molar-refractivity contribution in [1.82, 2.24) is 9.55 Å². The van der Waals surface area contributed by atoms with Gasteiger partial charge in [-0.15, -0.1) is 0 Å². The minimum atomic E-state index is 0.469. The summed E-state index contributed by atoms with van der Waals surface area (Å²) >= 11 is 0. The van der Waals surface area contributed by atoms with E-state index in [4.69, 9.17) is 4.98 Å². The van der Waals surface area contributed by atoms with Gasteiger partial charge in [-0.05, 0) is 37.5 Å². The maximum absolute atomic E-state index is 4.78. The molecule has 2 heteroatoms. The van der Waals surface area contributed by atoms with Gasteiger partial charge in [-0.1, -0.05) is 40.2 Å². The molecule has 0 aliphatic heterocycles. The lowest BCUT2D eigenvalue weighted by molar-refractivity contribution is 0.721. The molecule has 0 atom stereocenters. The normalized spacial score (nSPS) is 10.8. The summed E-state index contributed by atoms with van der Waals surface area (Å²) in [5.74, 6) is 1.64. The quantitative estimate of drug-likeness (QED) is 0.702. The van der Waals surface area contributed by atoms with Crippen molar-refractivity contribution in [1.29, 1.82) is 0 Å². The third-order valence-electron chi connectivity index (χ3n) is 3.40. The fourth-order valence-electron chi connectivity index (χ4n) is 2.42. The zero-order valence-corrected chi connectivity index (χ0v) is 13.8. The summed E-state index contributed by atoms with van der Waals surface area (Å²) in [6.45, 7) is 15.1. The Labute approximate surface area is 117 Å². The second-order valence-electron chi connectivity index (χ2n) is 5.72. The zero-order chi connectivity index (χ0) is 14.7. The number of hydrogen-bond donors (Lipinski definition) is 0. The van der Waals surface area contributed by atoms with Crippen LogP contribution in [0.25, 0.3) is 11.0 Å². The van der Waals surface area contributed by atoms with Crippen LogP contribution in [0, 0.1) is 20.8 Å². The molecule has 2 nitrogen and oxygen atoms in total. The lowest BCUT2D eigenvalue weighted by Crippen LogP contribution is -2.00. The average Bonchev–Trinajstić information content (AvgIpc) is 2.66. The molecule has 2 aromatic rings. The number of fused-ring (bicyclic) bond motifs is 1. The second-order valence-corrected chi connectivity index (χ2v) is 5.72. The van der Waals surface area contributed by atoms with Gasteiger partial charge in [0.1, 0.15) is 5.82 Å². The average molecular weight is 260 g/mol. The minimum Gasteiger partial charge on any atom is -0.331 e. The summed E-state index contributed by atoms with van der Waals surface area (Å²) in [5.41, 5.74) is 6.43. The molecule has 0 unspecified atom stereocenters. The number of imidazole rings is 1. The fraction of sp³-hybridized carbons (Fsp3) is 0.588. The molecule has 0 saturated carbocycles. The summed E-state index contributed by atoms with van der Waals surface area (Å²) < 4.78 is 2.25. The number of aromatic nitrogens is 2. The molecule has 0 aliphatic rings. The third-order valence-corrected chi connectivity index (χ3v) is 3.40. The third kappa shape index (κ3) is 2.99. The summed E-state index contributed by atoms with van der Waals surface area (Å²) in [5, 5.41) is 0. The van der Waals surface area contributed by atoms with E-state index in [0.29, 0.717) is 5.92 Å². The highest BCUT2D eigenvalue weighted by Gasteiger charge is 2.15. The Balaban J connectivity index is 0.000000550. The molecule has 1 aromatic carbocycles. The van der Waals surface area contributed by atoms with Crippen LogP contribution in [0.4, 0.5) is 0 Å². The van der Waals surface area contributed by atoms with Gasteiger partial charge in [-0.25, -0.2) is 4.98 Å². The number of rotatable bonds is 1. The first-order valence-corrected chi connectivity index (χ1v) is 7.28. The Kier molecular flexibility index (Phi) is 5.16. The molecule has 19 heavy (non-hydrogen) atoms. The molecule has 1 aromatic heterocycles. The van der Waals surface area contributed by atoms with Gasteiger partial charge >= 0.3 is 0 Å². The van der Waals surface area contributed by atoms with E-state index in [1.807, 2.05) is 0 Å². The highest BCUT2D eigenvalue weighted by atomic mass is 15.1. The van der Waals surface area contributed by atoms with Crippen molar-refractivity contribution in [3.8, 4) is 0 Å². The van der Waals surface area contributed by atoms with Crippen molar-refractivity contribution in [2.24, 2.45) is 7.05 Å². The van der Waals surface area contributed by atoms with Crippen LogP contribution in [0.2, 0.25) is 0 Å². The van der Waals surface area contributed by atoms with Crippen LogP contribution in [0.15, 0.2) is 6.07 Å². The second kappa shape index (κ2) is 6.23. The Morgan fingerprint density at radius 1 is 1.11 bits per heavy atom. The van der Waals surface area contributed by atoms with Crippen LogP contribution >= 0.6 is 0 Å². The predicted octanol–water partition coefficient (Wildman–Crippen LogP) is 5.04. The standard InChI is InChI=1S/C14H20N2.C3H8/c1-8(2)14-15-12-10(4)7-9(3)11(5)13(12)16(14)6;1-3-2/h7-8H,1-6H3;3H2,1-2H3. The SMILES string of the molecule is CCC.Cc1cc(C)c2nc(C(C)C)n(C)c2c1C. The summed E-state index contributed by atoms with van der Waals surface area (Å²) in [7, 11) is 2.12. The molecule has 0 fully saturated rings. The smallest absolute Gasteiger partial charge is 0.112 e. The molecule has 0 aliphatic carbocycles. The van der Waals surface area contributed by atoms with Crippen molar-refractivity contribution in [2.75, 3.05) is 0 Å². The van der Waals surface area contributed by atoms with Crippen LogP contribution in [0.5, 0.6) is 0 Å². The fourth-order valence-corrected chi connectivity index (χ4v) is 2.42. The topological polar surface area (TPSA) is 17.8 Å². The molecule has 0 N–H and O–H groups in total. The van der Waals surface area contributed by atoms with Gasteiger partial charge in [0.15, 0.2) is 0 Å². The van der Waals surface area contributed by atoms with Crippen LogP contribution in [-0.2, 0) is 7.05 Å². The molecule has 1 heterocycles. The Morgan fingerprint density at radius 2 is 1.63 bits per heavy atom. The van der Waals surface area contributed by atoms with Crippen LogP contribution in [0.1, 0.15) is 62.5 Å². The molecule has 0 amide bonds. The van der Waals surface area contributed by atoms with E-state index in [0.717, 1.165) is 5.52 Å². The van der Waals surface area contributed by atoms with Gasteiger partial charge in [-0.2, -0.15) is 0 Å². The molecule has 0 saturated heterocycles. The summed E-state index contributed by atoms with van der Waals surface area (Å²) in [6.07, 6.45) is 1.25. The summed E-state index contributed by atoms with van der Waals surface area (Å²) in [4.78, 5) is 4.78. The van der Waals surface area contributed by atoms with Crippen LogP contribution in [0.3, 0.4) is 0 Å². The van der Waals surface area contributed by atoms with Crippen LogP contribution in [-0.4, -0.2) is 9.55 Å². The van der Waals surface area contributed by atoms with E-state index in [9.17, 15) is 0 Å². The first kappa shape index (κ1) is 15.7. The van der Waals surface area contributed by atoms with Crippen molar-refractivity contribution >= 4 is 11.0 Å². The summed E-state index contributed by atoms with van der Waals surface area (Å²) in [6, 6.07) is 2.23. The maximum atomic E-state index is 4.78. The first-order valence-electron chi connectivity index (χ1n) is 7.28. The Bertz CT molecular complexity index is 562. The van der Waals surface area contributed by atoms with Gasteiger partial charge in [0.25, 0.3) is 0 Å². The van der Waals surface area contributed by atoms with E-state index in [-0.39, 0.29) is 0 Å². The van der Waals surface area contributed by atoms with Gasteiger partial charge in [0.05, 0.1) is 11.0 Å². The van der Waals surface area contributed by atoms with Gasteiger partial charge in [0.2, 0.25) is 0 Å². The largest absolute Gasteiger partial charge is 0.331 e. The van der Waals surface area contributed by atoms with Gasteiger partial charge in [-0.3, -0.25) is 0 Å². The maximum Gasteiger partial charge on any atom is 0.112 e. The molecular formula is C17H28N2. The molecule has 106 valence electrons. The first-order chi connectivity index (χ1) is 8.84. The Morgan fingerprint density at radius 3 is 2.11 bits per heavy atom. The zero-order valence-electron chi connectivity index (χ0n) is 13.8. The van der Waals surface area contributed by atoms with E-state index in [1.165, 1.54) is 34.5 Å². The number of hydrogen-bond acceptors (Lipinski definition) is 1. The highest BCUT2D eigenvalue weighted by molar-refractivity contribution is 5.84. The lowest BCUT2D eigenvalue weighted by atomic mass is 10.0. The van der Waals surface area contributed by atoms with E-state index in [1.54, 1.807) is 0 Å². The number of benzene rings is 1. The van der Waals surface area contributed by atoms with Crippen molar-refractivity contribution in [2.45, 2.75) is 60.8 Å². The van der Waals surface area contributed by atoms with E-state index in [2.05, 4.69) is 66.1 Å². The van der Waals surface area contributed by atoms with Crippen molar-refractivity contribution in [3.63, 3.8) is 0 Å². The van der Waals surface area contributed by atoms with Crippen LogP contribution < -0.4 is 0 Å². The predicted molar refractivity (Wildman–Crippen MR) is 85.0 cm³/mol.